The number of alkyl halides is 1. The molecule has 37 heavy (non-hydrogen) atoms. The molecule has 3 aliphatic heterocycles. The molecule has 214 valence electrons. The summed E-state index contributed by atoms with van der Waals surface area (Å²) in [7, 11) is 0. The third-order valence-corrected chi connectivity index (χ3v) is 6.74. The van der Waals surface area contributed by atoms with Gasteiger partial charge < -0.3 is 54.7 Å². The van der Waals surface area contributed by atoms with Crippen LogP contribution in [0.1, 0.15) is 12.8 Å². The van der Waals surface area contributed by atoms with Crippen LogP contribution in [0, 0.1) is 4.91 Å². The van der Waals surface area contributed by atoms with Gasteiger partial charge in [-0.3, -0.25) is 4.90 Å². The second-order valence-corrected chi connectivity index (χ2v) is 9.37. The molecule has 0 bridgehead atoms. The second kappa shape index (κ2) is 13.7. The van der Waals surface area contributed by atoms with Crippen molar-refractivity contribution in [2.24, 2.45) is 5.29 Å². The van der Waals surface area contributed by atoms with Crippen LogP contribution in [0.25, 0.3) is 0 Å². The molecule has 0 aromatic heterocycles. The van der Waals surface area contributed by atoms with Crippen molar-refractivity contribution in [3.05, 3.63) is 4.91 Å². The Labute approximate surface area is 216 Å². The van der Waals surface area contributed by atoms with E-state index in [1.807, 2.05) is 0 Å². The van der Waals surface area contributed by atoms with Crippen LogP contribution >= 0.6 is 11.6 Å². The number of carbonyl (C=O) groups is 1. The number of rotatable bonds is 10. The molecular weight excluding hydrogens is 526 g/mol. The molecule has 16 nitrogen and oxygen atoms in total. The molecular formula is C20H34ClN3O13. The summed E-state index contributed by atoms with van der Waals surface area (Å²) >= 11 is 5.65. The topological polar surface area (TPSA) is 232 Å². The smallest absolute Gasteiger partial charge is 0.345 e. The standard InChI is InChI=1S/C20H34ClN3O13/c21-3-4-24(22-33)20(32)23(6-9-2-1-5-34-9)18-15(30)14(29)17(11(8-26)35-18)37-19-16(31)13(28)12(27)10(7-25)36-19/h9-19,25-31H,1-8H2/t9?,10-,11-,12-,13+,14-,15-,16-,17-,18?,19-/m1/s1. The number of hydrogen-bond donors (Lipinski definition) is 7. The minimum Gasteiger partial charge on any atom is -0.394 e. The lowest BCUT2D eigenvalue weighted by atomic mass is 9.96. The van der Waals surface area contributed by atoms with Crippen molar-refractivity contribution < 1.29 is 59.5 Å². The van der Waals surface area contributed by atoms with E-state index in [9.17, 15) is 45.4 Å². The summed E-state index contributed by atoms with van der Waals surface area (Å²) < 4.78 is 22.1. The van der Waals surface area contributed by atoms with E-state index < -0.39 is 86.7 Å². The van der Waals surface area contributed by atoms with Gasteiger partial charge in [0.15, 0.2) is 12.5 Å². The summed E-state index contributed by atoms with van der Waals surface area (Å²) in [5.41, 5.74) is 0. The summed E-state index contributed by atoms with van der Waals surface area (Å²) in [4.78, 5) is 25.3. The first-order valence-corrected chi connectivity index (χ1v) is 12.4. The highest BCUT2D eigenvalue weighted by molar-refractivity contribution is 6.18. The van der Waals surface area contributed by atoms with E-state index in [2.05, 4.69) is 5.29 Å². The van der Waals surface area contributed by atoms with Gasteiger partial charge in [-0.1, -0.05) is 0 Å². The van der Waals surface area contributed by atoms with E-state index in [4.69, 9.17) is 30.5 Å². The van der Waals surface area contributed by atoms with Crippen LogP contribution in [0.3, 0.4) is 0 Å². The van der Waals surface area contributed by atoms with Crippen LogP contribution in [-0.4, -0.2) is 158 Å². The van der Waals surface area contributed by atoms with Crippen molar-refractivity contribution in [3.63, 3.8) is 0 Å². The third-order valence-electron chi connectivity index (χ3n) is 6.57. The zero-order valence-electron chi connectivity index (χ0n) is 19.8. The van der Waals surface area contributed by atoms with E-state index in [0.717, 1.165) is 11.3 Å². The fourth-order valence-corrected chi connectivity index (χ4v) is 4.69. The first-order chi connectivity index (χ1) is 17.7. The highest BCUT2D eigenvalue weighted by Gasteiger charge is 2.52. The zero-order chi connectivity index (χ0) is 27.3. The van der Waals surface area contributed by atoms with Crippen molar-refractivity contribution >= 4 is 17.6 Å². The average Bonchev–Trinajstić information content (AvgIpc) is 3.42. The first kappa shape index (κ1) is 30.3. The van der Waals surface area contributed by atoms with Gasteiger partial charge in [0.25, 0.3) is 0 Å². The molecule has 17 heteroatoms. The van der Waals surface area contributed by atoms with Gasteiger partial charge in [0.05, 0.1) is 37.7 Å². The van der Waals surface area contributed by atoms with Crippen LogP contribution in [0.5, 0.6) is 0 Å². The summed E-state index contributed by atoms with van der Waals surface area (Å²) in [6.07, 6.45) is -15.7. The Morgan fingerprint density at radius 1 is 0.973 bits per heavy atom. The maximum absolute atomic E-state index is 13.1. The molecule has 2 amide bonds. The number of amides is 2. The predicted octanol–water partition coefficient (Wildman–Crippen LogP) is -3.57. The minimum atomic E-state index is -1.85. The molecule has 0 aromatic carbocycles. The van der Waals surface area contributed by atoms with Crippen LogP contribution < -0.4 is 0 Å². The number of nitroso groups, excluding NO2 is 1. The lowest BCUT2D eigenvalue weighted by molar-refractivity contribution is -0.347. The lowest BCUT2D eigenvalue weighted by Gasteiger charge is -2.48. The highest BCUT2D eigenvalue weighted by Crippen LogP contribution is 2.31. The number of halogens is 1. The van der Waals surface area contributed by atoms with Gasteiger partial charge in [-0.2, -0.15) is 5.01 Å². The van der Waals surface area contributed by atoms with Crippen molar-refractivity contribution in [1.82, 2.24) is 9.91 Å². The van der Waals surface area contributed by atoms with Gasteiger partial charge >= 0.3 is 6.03 Å². The molecule has 3 saturated heterocycles. The van der Waals surface area contributed by atoms with Gasteiger partial charge in [0, 0.05) is 12.5 Å². The van der Waals surface area contributed by atoms with E-state index in [1.165, 1.54) is 0 Å². The second-order valence-electron chi connectivity index (χ2n) is 8.99. The van der Waals surface area contributed by atoms with Crippen molar-refractivity contribution in [3.8, 4) is 0 Å². The fourth-order valence-electron chi connectivity index (χ4n) is 4.53. The normalized spacial score (nSPS) is 40.4. The maximum atomic E-state index is 13.1. The summed E-state index contributed by atoms with van der Waals surface area (Å²) in [6.45, 7) is -1.47. The average molecular weight is 560 g/mol. The van der Waals surface area contributed by atoms with Crippen molar-refractivity contribution in [2.75, 3.05) is 38.8 Å². The van der Waals surface area contributed by atoms with Gasteiger partial charge in [0.2, 0.25) is 0 Å². The fraction of sp³-hybridized carbons (Fsp3) is 0.950. The largest absolute Gasteiger partial charge is 0.394 e. The number of nitrogens with zero attached hydrogens (tertiary/aromatic N) is 3. The zero-order valence-corrected chi connectivity index (χ0v) is 20.6. The highest BCUT2D eigenvalue weighted by atomic mass is 35.5. The summed E-state index contributed by atoms with van der Waals surface area (Å²) in [5.74, 6) is -0.115. The minimum absolute atomic E-state index is 0.115. The predicted molar refractivity (Wildman–Crippen MR) is 121 cm³/mol. The van der Waals surface area contributed by atoms with Gasteiger partial charge in [0.1, 0.15) is 48.8 Å². The number of aliphatic hydroxyl groups excluding tert-OH is 7. The molecule has 0 radical (unpaired) electrons. The number of aliphatic hydroxyl groups is 7. The molecule has 0 aromatic rings. The van der Waals surface area contributed by atoms with Crippen LogP contribution in [0.4, 0.5) is 4.79 Å². The van der Waals surface area contributed by atoms with Crippen LogP contribution in [0.2, 0.25) is 0 Å². The van der Waals surface area contributed by atoms with E-state index >= 15 is 0 Å². The molecule has 11 atom stereocenters. The van der Waals surface area contributed by atoms with Gasteiger partial charge in [-0.05, 0) is 12.8 Å². The number of ether oxygens (including phenoxy) is 4. The molecule has 3 aliphatic rings. The maximum Gasteiger partial charge on any atom is 0.345 e. The molecule has 0 aliphatic carbocycles. The number of hydrogen-bond acceptors (Lipinski definition) is 14. The van der Waals surface area contributed by atoms with Gasteiger partial charge in [-0.15, -0.1) is 16.5 Å². The lowest BCUT2D eigenvalue weighted by Crippen LogP contribution is -2.68. The number of carbonyl (C=O) groups excluding carboxylic acids is 1. The molecule has 2 unspecified atom stereocenters. The Hall–Kier alpha value is -1.28. The molecule has 3 rings (SSSR count). The molecule has 3 heterocycles. The van der Waals surface area contributed by atoms with E-state index in [-0.39, 0.29) is 19.0 Å². The third kappa shape index (κ3) is 6.66. The van der Waals surface area contributed by atoms with E-state index in [1.54, 1.807) is 0 Å². The molecule has 3 fully saturated rings. The Kier molecular flexibility index (Phi) is 11.2. The first-order valence-electron chi connectivity index (χ1n) is 11.9. The molecule has 0 spiro atoms. The van der Waals surface area contributed by atoms with Crippen molar-refractivity contribution in [2.45, 2.75) is 80.3 Å². The van der Waals surface area contributed by atoms with Crippen LogP contribution in [-0.2, 0) is 18.9 Å². The van der Waals surface area contributed by atoms with Crippen molar-refractivity contribution in [1.29, 1.82) is 0 Å². The Bertz CT molecular complexity index is 746. The molecule has 7 N–H and O–H groups in total. The Morgan fingerprint density at radius 2 is 1.68 bits per heavy atom. The quantitative estimate of drug-likeness (QED) is 0.0780. The number of urea groups is 1. The molecule has 0 saturated carbocycles. The Balaban J connectivity index is 1.81. The monoisotopic (exact) mass is 559 g/mol. The van der Waals surface area contributed by atoms with E-state index in [0.29, 0.717) is 18.0 Å². The summed E-state index contributed by atoms with van der Waals surface area (Å²) in [6, 6.07) is -0.979. The van der Waals surface area contributed by atoms with Crippen LogP contribution in [0.15, 0.2) is 5.29 Å². The Morgan fingerprint density at radius 3 is 2.24 bits per heavy atom. The SMILES string of the molecule is O=NN(CCCl)C(=O)N(CC1CCCO1)C1O[C@H](CO)[C@@H](O[C@H]2O[C@H](CO)[C@@H](O)[C@H](O)[C@H]2O)[C@H](O)[C@H]1O. The summed E-state index contributed by atoms with van der Waals surface area (Å²) in [5, 5.41) is 74.6. The van der Waals surface area contributed by atoms with Gasteiger partial charge in [-0.25, -0.2) is 4.79 Å².